The van der Waals surface area contributed by atoms with Crippen molar-refractivity contribution in [1.82, 2.24) is 10.2 Å². The SMILES string of the molecule is NC(=S)c1ccc(NC(=O)c2ccnnc2)cc1. The van der Waals surface area contributed by atoms with Crippen LogP contribution in [-0.2, 0) is 0 Å². The average Bonchev–Trinajstić information content (AvgIpc) is 2.40. The van der Waals surface area contributed by atoms with Crippen molar-refractivity contribution in [3.8, 4) is 0 Å². The topological polar surface area (TPSA) is 80.9 Å². The van der Waals surface area contributed by atoms with E-state index in [4.69, 9.17) is 18.0 Å². The number of nitrogens with two attached hydrogens (primary N) is 1. The summed E-state index contributed by atoms with van der Waals surface area (Å²) < 4.78 is 0. The van der Waals surface area contributed by atoms with Crippen molar-refractivity contribution >= 4 is 28.8 Å². The average molecular weight is 258 g/mol. The molecule has 0 unspecified atom stereocenters. The van der Waals surface area contributed by atoms with Gasteiger partial charge in [-0.2, -0.15) is 10.2 Å². The van der Waals surface area contributed by atoms with Crippen molar-refractivity contribution in [2.45, 2.75) is 0 Å². The quantitative estimate of drug-likeness (QED) is 0.812. The van der Waals surface area contributed by atoms with Crippen molar-refractivity contribution in [3.63, 3.8) is 0 Å². The summed E-state index contributed by atoms with van der Waals surface area (Å²) in [5.41, 5.74) is 7.35. The van der Waals surface area contributed by atoms with Crippen molar-refractivity contribution in [2.24, 2.45) is 5.73 Å². The van der Waals surface area contributed by atoms with Crippen LogP contribution in [0.1, 0.15) is 15.9 Å². The highest BCUT2D eigenvalue weighted by atomic mass is 32.1. The molecule has 1 amide bonds. The third-order valence-corrected chi connectivity index (χ3v) is 2.51. The molecule has 0 saturated heterocycles. The van der Waals surface area contributed by atoms with Gasteiger partial charge in [0.25, 0.3) is 5.91 Å². The molecule has 0 fully saturated rings. The molecule has 0 saturated carbocycles. The second-order valence-corrected chi connectivity index (χ2v) is 3.97. The summed E-state index contributed by atoms with van der Waals surface area (Å²) >= 11 is 4.84. The highest BCUT2D eigenvalue weighted by Crippen LogP contribution is 2.10. The van der Waals surface area contributed by atoms with Crippen LogP contribution in [-0.4, -0.2) is 21.1 Å². The Kier molecular flexibility index (Phi) is 3.59. The second kappa shape index (κ2) is 5.33. The minimum Gasteiger partial charge on any atom is -0.389 e. The molecule has 2 aromatic rings. The highest BCUT2D eigenvalue weighted by Gasteiger charge is 2.06. The Balaban J connectivity index is 2.10. The van der Waals surface area contributed by atoms with E-state index in [-0.39, 0.29) is 5.91 Å². The molecule has 0 aliphatic carbocycles. The van der Waals surface area contributed by atoms with E-state index in [2.05, 4.69) is 15.5 Å². The predicted octanol–water partition coefficient (Wildman–Crippen LogP) is 1.36. The first-order valence-corrected chi connectivity index (χ1v) is 5.55. The summed E-state index contributed by atoms with van der Waals surface area (Å²) in [5.74, 6) is -0.243. The largest absolute Gasteiger partial charge is 0.389 e. The number of nitrogens with one attached hydrogen (secondary N) is 1. The fourth-order valence-electron chi connectivity index (χ4n) is 1.35. The Morgan fingerprint density at radius 3 is 2.39 bits per heavy atom. The third-order valence-electron chi connectivity index (χ3n) is 2.27. The Bertz CT molecular complexity index is 568. The molecule has 18 heavy (non-hydrogen) atoms. The lowest BCUT2D eigenvalue weighted by molar-refractivity contribution is 0.102. The molecule has 2 rings (SSSR count). The van der Waals surface area contributed by atoms with Crippen LogP contribution < -0.4 is 11.1 Å². The van der Waals surface area contributed by atoms with E-state index in [9.17, 15) is 4.79 Å². The lowest BCUT2D eigenvalue weighted by Crippen LogP contribution is -2.13. The van der Waals surface area contributed by atoms with E-state index in [0.29, 0.717) is 16.2 Å². The van der Waals surface area contributed by atoms with Gasteiger partial charge in [-0.25, -0.2) is 0 Å². The van der Waals surface area contributed by atoms with Gasteiger partial charge in [0, 0.05) is 11.3 Å². The number of hydrogen-bond donors (Lipinski definition) is 2. The van der Waals surface area contributed by atoms with Crippen LogP contribution in [0.15, 0.2) is 42.7 Å². The lowest BCUT2D eigenvalue weighted by Gasteiger charge is -2.05. The van der Waals surface area contributed by atoms with Crippen molar-refractivity contribution in [1.29, 1.82) is 0 Å². The van der Waals surface area contributed by atoms with Gasteiger partial charge < -0.3 is 11.1 Å². The number of hydrogen-bond acceptors (Lipinski definition) is 4. The Morgan fingerprint density at radius 1 is 1.11 bits per heavy atom. The maximum Gasteiger partial charge on any atom is 0.257 e. The Morgan fingerprint density at radius 2 is 1.83 bits per heavy atom. The number of thiocarbonyl (C=S) groups is 1. The number of carbonyl (C=O) groups excluding carboxylic acids is 1. The van der Waals surface area contributed by atoms with Crippen LogP contribution in [0.25, 0.3) is 0 Å². The molecule has 1 aromatic carbocycles. The molecular weight excluding hydrogens is 248 g/mol. The summed E-state index contributed by atoms with van der Waals surface area (Å²) in [7, 11) is 0. The van der Waals surface area contributed by atoms with Crippen LogP contribution in [0.2, 0.25) is 0 Å². The molecular formula is C12H10N4OS. The number of nitrogens with zero attached hydrogens (tertiary/aromatic N) is 2. The molecule has 3 N–H and O–H groups in total. The van der Waals surface area contributed by atoms with E-state index in [1.165, 1.54) is 12.4 Å². The van der Waals surface area contributed by atoms with Crippen LogP contribution in [0, 0.1) is 0 Å². The molecule has 0 radical (unpaired) electrons. The Labute approximate surface area is 109 Å². The molecule has 0 aliphatic rings. The summed E-state index contributed by atoms with van der Waals surface area (Å²) in [6.45, 7) is 0. The standard InChI is InChI=1S/C12H10N4OS/c13-11(18)8-1-3-10(4-2-8)16-12(17)9-5-6-14-15-7-9/h1-7H,(H2,13,18)(H,16,17). The predicted molar refractivity (Wildman–Crippen MR) is 72.3 cm³/mol. The molecule has 0 atom stereocenters. The molecule has 0 bridgehead atoms. The molecule has 5 nitrogen and oxygen atoms in total. The van der Waals surface area contributed by atoms with Crippen molar-refractivity contribution in [3.05, 3.63) is 53.9 Å². The molecule has 0 aliphatic heterocycles. The van der Waals surface area contributed by atoms with E-state index in [1.54, 1.807) is 30.3 Å². The fraction of sp³-hybridized carbons (Fsp3) is 0. The van der Waals surface area contributed by atoms with Gasteiger partial charge in [0.1, 0.15) is 4.99 Å². The van der Waals surface area contributed by atoms with E-state index >= 15 is 0 Å². The smallest absolute Gasteiger partial charge is 0.257 e. The molecule has 6 heteroatoms. The van der Waals surface area contributed by atoms with Gasteiger partial charge in [-0.15, -0.1) is 0 Å². The maximum atomic E-state index is 11.8. The van der Waals surface area contributed by atoms with Crippen LogP contribution >= 0.6 is 12.2 Å². The molecule has 0 spiro atoms. The van der Waals surface area contributed by atoms with Crippen LogP contribution in [0.5, 0.6) is 0 Å². The van der Waals surface area contributed by atoms with Gasteiger partial charge in [0.05, 0.1) is 18.0 Å². The van der Waals surface area contributed by atoms with E-state index in [0.717, 1.165) is 5.56 Å². The van der Waals surface area contributed by atoms with Gasteiger partial charge in [0.15, 0.2) is 0 Å². The first kappa shape index (κ1) is 12.1. The normalized spacial score (nSPS) is 9.78. The number of carbonyl (C=O) groups is 1. The zero-order valence-electron chi connectivity index (χ0n) is 9.33. The van der Waals surface area contributed by atoms with Crippen molar-refractivity contribution < 1.29 is 4.79 Å². The summed E-state index contributed by atoms with van der Waals surface area (Å²) in [5, 5.41) is 9.98. The summed E-state index contributed by atoms with van der Waals surface area (Å²) in [6, 6.07) is 8.57. The zero-order valence-corrected chi connectivity index (χ0v) is 10.1. The number of anilines is 1. The lowest BCUT2D eigenvalue weighted by atomic mass is 10.2. The van der Waals surface area contributed by atoms with Gasteiger partial charge in [-0.05, 0) is 30.3 Å². The van der Waals surface area contributed by atoms with E-state index in [1.807, 2.05) is 0 Å². The zero-order chi connectivity index (χ0) is 13.0. The number of benzene rings is 1. The van der Waals surface area contributed by atoms with Crippen molar-refractivity contribution in [2.75, 3.05) is 5.32 Å². The van der Waals surface area contributed by atoms with Gasteiger partial charge in [-0.3, -0.25) is 4.79 Å². The first-order chi connectivity index (χ1) is 8.66. The van der Waals surface area contributed by atoms with Crippen LogP contribution in [0.4, 0.5) is 5.69 Å². The summed E-state index contributed by atoms with van der Waals surface area (Å²) in [4.78, 5) is 12.1. The number of aromatic nitrogens is 2. The van der Waals surface area contributed by atoms with Gasteiger partial charge in [0.2, 0.25) is 0 Å². The monoisotopic (exact) mass is 258 g/mol. The highest BCUT2D eigenvalue weighted by molar-refractivity contribution is 7.80. The fourth-order valence-corrected chi connectivity index (χ4v) is 1.48. The summed E-state index contributed by atoms with van der Waals surface area (Å²) in [6.07, 6.45) is 2.86. The minimum atomic E-state index is -0.243. The molecule has 90 valence electrons. The first-order valence-electron chi connectivity index (χ1n) is 5.15. The number of rotatable bonds is 3. The second-order valence-electron chi connectivity index (χ2n) is 3.53. The third kappa shape index (κ3) is 2.86. The number of amides is 1. The van der Waals surface area contributed by atoms with Gasteiger partial charge in [-0.1, -0.05) is 12.2 Å². The maximum absolute atomic E-state index is 11.8. The van der Waals surface area contributed by atoms with Crippen LogP contribution in [0.3, 0.4) is 0 Å². The molecule has 1 aromatic heterocycles. The molecule has 1 heterocycles. The van der Waals surface area contributed by atoms with Gasteiger partial charge >= 0.3 is 0 Å². The van der Waals surface area contributed by atoms with E-state index < -0.39 is 0 Å². The minimum absolute atomic E-state index is 0.243. The Hall–Kier alpha value is -2.34.